The quantitative estimate of drug-likeness (QED) is 0.180. The first kappa shape index (κ1) is 28.3. The number of likely N-dealkylation sites (N-methyl/N-ethyl adjacent to an activating group) is 1. The molecule has 0 aliphatic carbocycles. The van der Waals surface area contributed by atoms with E-state index in [-0.39, 0.29) is 4.90 Å². The molecule has 5 nitrogen and oxygen atoms in total. The second kappa shape index (κ2) is 10.8. The molecule has 1 atom stereocenters. The van der Waals surface area contributed by atoms with Crippen molar-refractivity contribution in [1.82, 2.24) is 0 Å². The van der Waals surface area contributed by atoms with Crippen LogP contribution in [0.25, 0.3) is 10.8 Å². The molecule has 6 rings (SSSR count). The third kappa shape index (κ3) is 5.15. The van der Waals surface area contributed by atoms with Gasteiger partial charge in [0.25, 0.3) is 10.0 Å². The molecule has 0 saturated carbocycles. The molecule has 42 heavy (non-hydrogen) atoms. The Balaban J connectivity index is 1.66. The number of fused-ring (bicyclic) bond motifs is 2. The lowest BCUT2D eigenvalue weighted by molar-refractivity contribution is 0.594. The number of para-hydroxylation sites is 1. The van der Waals surface area contributed by atoms with Gasteiger partial charge in [0, 0.05) is 40.0 Å². The molecule has 1 aliphatic heterocycles. The number of hydrogen-bond donors (Lipinski definition) is 0. The van der Waals surface area contributed by atoms with Gasteiger partial charge in [-0.2, -0.15) is 8.42 Å². The predicted molar refractivity (Wildman–Crippen MR) is 175 cm³/mol. The molecule has 0 radical (unpaired) electrons. The molecule has 0 fully saturated rings. The lowest BCUT2D eigenvalue weighted by Crippen LogP contribution is -2.24. The maximum absolute atomic E-state index is 14.1. The van der Waals surface area contributed by atoms with E-state index in [2.05, 4.69) is 30.9 Å². The van der Waals surface area contributed by atoms with Crippen LogP contribution in [0.2, 0.25) is 5.02 Å². The van der Waals surface area contributed by atoms with Gasteiger partial charge in [-0.25, -0.2) is 0 Å². The Labute approximate surface area is 252 Å². The van der Waals surface area contributed by atoms with E-state index in [4.69, 9.17) is 20.3 Å². The zero-order valence-electron chi connectivity index (χ0n) is 23.5. The van der Waals surface area contributed by atoms with Crippen LogP contribution >= 0.6 is 18.9 Å². The van der Waals surface area contributed by atoms with Gasteiger partial charge in [-0.05, 0) is 70.9 Å². The molecule has 0 spiro atoms. The molecule has 1 heterocycles. The number of sulfonamides is 1. The van der Waals surface area contributed by atoms with Crippen molar-refractivity contribution in [2.45, 2.75) is 24.2 Å². The topological polar surface area (TPSA) is 59.0 Å². The zero-order chi connectivity index (χ0) is 29.5. The standard InChI is InChI=1S/C34H30ClN2O3PS/c1-34(2)31-15-9-10-16-32(31)37(3)33(34)24-41(29-13-5-4-6-14-29,36-42(38,39)30-21-18-27(35)19-22-30)40-28-20-17-25-11-7-8-12-26(25)23-28/h4-24H,1-3H3. The fourth-order valence-corrected chi connectivity index (χ4v) is 10.6. The Morgan fingerprint density at radius 1 is 0.810 bits per heavy atom. The highest BCUT2D eigenvalue weighted by molar-refractivity contribution is 7.95. The Morgan fingerprint density at radius 3 is 2.17 bits per heavy atom. The molecular formula is C34H30ClN2O3PS. The third-order valence-electron chi connectivity index (χ3n) is 7.67. The first-order chi connectivity index (χ1) is 20.1. The summed E-state index contributed by atoms with van der Waals surface area (Å²) in [5.41, 5.74) is 2.69. The Morgan fingerprint density at radius 2 is 1.45 bits per heavy atom. The lowest BCUT2D eigenvalue weighted by atomic mass is 9.84. The number of hydrogen-bond acceptors (Lipinski definition) is 4. The van der Waals surface area contributed by atoms with Crippen LogP contribution in [0.1, 0.15) is 19.4 Å². The summed E-state index contributed by atoms with van der Waals surface area (Å²) < 4.78 is 39.8. The molecule has 212 valence electrons. The van der Waals surface area contributed by atoms with Gasteiger partial charge in [0.2, 0.25) is 7.28 Å². The predicted octanol–water partition coefficient (Wildman–Crippen LogP) is 8.97. The molecule has 0 amide bonds. The summed E-state index contributed by atoms with van der Waals surface area (Å²) in [6, 6.07) is 37.5. The van der Waals surface area contributed by atoms with Crippen molar-refractivity contribution in [3.8, 4) is 5.75 Å². The summed E-state index contributed by atoms with van der Waals surface area (Å²) in [7, 11) is -5.62. The van der Waals surface area contributed by atoms with E-state index < -0.39 is 22.7 Å². The maximum atomic E-state index is 14.1. The highest BCUT2D eigenvalue weighted by Crippen LogP contribution is 2.58. The molecule has 0 bridgehead atoms. The lowest BCUT2D eigenvalue weighted by Gasteiger charge is -2.29. The minimum atomic E-state index is -4.18. The number of rotatable bonds is 6. The van der Waals surface area contributed by atoms with Gasteiger partial charge in [-0.3, -0.25) is 0 Å². The third-order valence-corrected chi connectivity index (χ3v) is 12.7. The molecule has 5 aromatic rings. The minimum Gasteiger partial charge on any atom is -0.451 e. The summed E-state index contributed by atoms with van der Waals surface area (Å²) in [6.07, 6.45) is 0. The molecule has 5 aromatic carbocycles. The van der Waals surface area contributed by atoms with E-state index in [1.807, 2.05) is 97.8 Å². The SMILES string of the molecule is CN1C(=CP(=NS(=O)(=O)c2ccc(Cl)cc2)(Oc2ccc3ccccc3c2)c2ccccc2)C(C)(C)c2ccccc21. The average Bonchev–Trinajstić information content (AvgIpc) is 3.18. The van der Waals surface area contributed by atoms with Gasteiger partial charge < -0.3 is 9.42 Å². The van der Waals surface area contributed by atoms with E-state index in [0.717, 1.165) is 27.7 Å². The number of nitrogens with zero attached hydrogens (tertiary/aromatic N) is 2. The minimum absolute atomic E-state index is 0.0510. The number of halogens is 1. The Kier molecular flexibility index (Phi) is 7.26. The Bertz CT molecular complexity index is 1990. The average molecular weight is 613 g/mol. The van der Waals surface area contributed by atoms with Crippen molar-refractivity contribution in [3.63, 3.8) is 0 Å². The van der Waals surface area contributed by atoms with Crippen LogP contribution in [0, 0.1) is 0 Å². The summed E-state index contributed by atoms with van der Waals surface area (Å²) in [5, 5.41) is 3.17. The second-order valence-corrected chi connectivity index (χ2v) is 15.5. The van der Waals surface area contributed by atoms with Gasteiger partial charge in [0.05, 0.1) is 4.90 Å². The van der Waals surface area contributed by atoms with Gasteiger partial charge in [-0.1, -0.05) is 92.2 Å². The van der Waals surface area contributed by atoms with Gasteiger partial charge in [0.15, 0.2) is 0 Å². The fraction of sp³-hybridized carbons (Fsp3) is 0.118. The molecular weight excluding hydrogens is 583 g/mol. The van der Waals surface area contributed by atoms with E-state index in [1.165, 1.54) is 12.1 Å². The van der Waals surface area contributed by atoms with Crippen molar-refractivity contribution < 1.29 is 12.9 Å². The highest BCUT2D eigenvalue weighted by atomic mass is 35.5. The van der Waals surface area contributed by atoms with Crippen molar-refractivity contribution in [3.05, 3.63) is 143 Å². The van der Waals surface area contributed by atoms with E-state index in [9.17, 15) is 8.42 Å². The molecule has 0 aromatic heterocycles. The Hall–Kier alpha value is -3.83. The number of benzene rings is 5. The summed E-state index contributed by atoms with van der Waals surface area (Å²) >= 11 is 6.09. The summed E-state index contributed by atoms with van der Waals surface area (Å²) in [5.74, 6) is 2.50. The number of anilines is 1. The first-order valence-corrected chi connectivity index (χ1v) is 17.1. The van der Waals surface area contributed by atoms with Gasteiger partial charge in [-0.15, -0.1) is 4.15 Å². The largest absolute Gasteiger partial charge is 0.451 e. The van der Waals surface area contributed by atoms with Gasteiger partial charge in [0.1, 0.15) is 5.75 Å². The van der Waals surface area contributed by atoms with E-state index in [0.29, 0.717) is 16.1 Å². The molecule has 0 N–H and O–H groups in total. The van der Waals surface area contributed by atoms with Crippen LogP contribution in [-0.4, -0.2) is 15.5 Å². The molecule has 8 heteroatoms. The smallest absolute Gasteiger partial charge is 0.284 e. The van der Waals surface area contributed by atoms with Gasteiger partial charge >= 0.3 is 0 Å². The molecule has 1 aliphatic rings. The van der Waals surface area contributed by atoms with E-state index in [1.54, 1.807) is 12.1 Å². The van der Waals surface area contributed by atoms with Crippen LogP contribution in [0.3, 0.4) is 0 Å². The fourth-order valence-electron chi connectivity index (χ4n) is 5.48. The number of allylic oxidation sites excluding steroid dienone is 1. The van der Waals surface area contributed by atoms with Crippen LogP contribution in [0.5, 0.6) is 5.75 Å². The van der Waals surface area contributed by atoms with Crippen LogP contribution < -0.4 is 14.7 Å². The normalized spacial score (nSPS) is 16.7. The second-order valence-electron chi connectivity index (χ2n) is 10.8. The van der Waals surface area contributed by atoms with Crippen molar-refractivity contribution in [2.24, 2.45) is 4.15 Å². The van der Waals surface area contributed by atoms with Crippen molar-refractivity contribution in [2.75, 3.05) is 11.9 Å². The summed E-state index contributed by atoms with van der Waals surface area (Å²) in [6.45, 7) is 4.29. The molecule has 0 saturated heterocycles. The highest BCUT2D eigenvalue weighted by Gasteiger charge is 2.41. The first-order valence-electron chi connectivity index (χ1n) is 13.5. The van der Waals surface area contributed by atoms with Crippen molar-refractivity contribution in [1.29, 1.82) is 0 Å². The summed E-state index contributed by atoms with van der Waals surface area (Å²) in [4.78, 5) is 2.16. The van der Waals surface area contributed by atoms with Crippen LogP contribution in [0.4, 0.5) is 5.69 Å². The monoisotopic (exact) mass is 612 g/mol. The maximum Gasteiger partial charge on any atom is 0.284 e. The van der Waals surface area contributed by atoms with Crippen LogP contribution in [0.15, 0.2) is 142 Å². The van der Waals surface area contributed by atoms with E-state index >= 15 is 0 Å². The van der Waals surface area contributed by atoms with Crippen molar-refractivity contribution >= 4 is 50.7 Å². The molecule has 1 unspecified atom stereocenters. The zero-order valence-corrected chi connectivity index (χ0v) is 25.9. The van der Waals surface area contributed by atoms with Crippen LogP contribution in [-0.2, 0) is 15.4 Å².